The summed E-state index contributed by atoms with van der Waals surface area (Å²) in [6.45, 7) is 3.87. The van der Waals surface area contributed by atoms with Gasteiger partial charge in [0.05, 0.1) is 12.3 Å². The normalized spacial score (nSPS) is 18.5. The van der Waals surface area contributed by atoms with Gasteiger partial charge in [-0.25, -0.2) is 9.97 Å². The van der Waals surface area contributed by atoms with Gasteiger partial charge in [0.1, 0.15) is 5.82 Å². The van der Waals surface area contributed by atoms with E-state index in [4.69, 9.17) is 14.7 Å². The zero-order chi connectivity index (χ0) is 18.0. The zero-order valence-corrected chi connectivity index (χ0v) is 15.1. The first-order valence-electron chi connectivity index (χ1n) is 9.11. The van der Waals surface area contributed by atoms with Gasteiger partial charge >= 0.3 is 0 Å². The molecule has 2 N–H and O–H groups in total. The van der Waals surface area contributed by atoms with E-state index < -0.39 is 0 Å². The molecule has 0 saturated carbocycles. The molecule has 7 heteroatoms. The molecule has 0 aromatic carbocycles. The summed E-state index contributed by atoms with van der Waals surface area (Å²) in [5.74, 6) is 1.64. The molecule has 138 valence electrons. The Kier molecular flexibility index (Phi) is 4.84. The Morgan fingerprint density at radius 2 is 2.12 bits per heavy atom. The Bertz CT molecular complexity index is 762. The fourth-order valence-electron chi connectivity index (χ4n) is 3.84. The van der Waals surface area contributed by atoms with Gasteiger partial charge in [0.15, 0.2) is 5.82 Å². The number of aromatic nitrogens is 3. The number of hydrogen-bond acceptors (Lipinski definition) is 7. The lowest BCUT2D eigenvalue weighted by Gasteiger charge is -2.39. The van der Waals surface area contributed by atoms with Crippen molar-refractivity contribution in [1.29, 1.82) is 0 Å². The molecule has 2 aromatic heterocycles. The molecule has 1 fully saturated rings. The third-order valence-corrected chi connectivity index (χ3v) is 5.41. The molecule has 0 radical (unpaired) electrons. The molecule has 4 heterocycles. The highest BCUT2D eigenvalue weighted by molar-refractivity contribution is 5.60. The Morgan fingerprint density at radius 1 is 1.27 bits per heavy atom. The van der Waals surface area contributed by atoms with E-state index in [-0.39, 0.29) is 12.0 Å². The number of nitrogens with one attached hydrogen (secondary N) is 1. The predicted octanol–water partition coefficient (Wildman–Crippen LogP) is 1.37. The van der Waals surface area contributed by atoms with E-state index in [1.807, 2.05) is 12.1 Å². The molecular formula is C19H25N5O2. The summed E-state index contributed by atoms with van der Waals surface area (Å²) in [6.07, 6.45) is 5.28. The monoisotopic (exact) mass is 355 g/mol. The van der Waals surface area contributed by atoms with Crippen LogP contribution in [0.25, 0.3) is 11.4 Å². The van der Waals surface area contributed by atoms with Gasteiger partial charge in [-0.15, -0.1) is 0 Å². The van der Waals surface area contributed by atoms with Gasteiger partial charge in [-0.05, 0) is 25.0 Å². The Balaban J connectivity index is 1.67. The van der Waals surface area contributed by atoms with Crippen molar-refractivity contribution in [2.45, 2.75) is 25.9 Å². The maximum atomic E-state index is 10.0. The van der Waals surface area contributed by atoms with Gasteiger partial charge in [0.25, 0.3) is 0 Å². The number of aliphatic hydroxyl groups excluding tert-OH is 1. The van der Waals surface area contributed by atoms with Crippen LogP contribution in [0.2, 0.25) is 0 Å². The number of aliphatic hydroxyl groups is 1. The average molecular weight is 355 g/mol. The van der Waals surface area contributed by atoms with Crippen LogP contribution in [0.3, 0.4) is 0 Å². The van der Waals surface area contributed by atoms with Gasteiger partial charge in [0.2, 0.25) is 0 Å². The Morgan fingerprint density at radius 3 is 2.85 bits per heavy atom. The molecule has 2 aromatic rings. The number of pyridine rings is 1. The molecule has 0 atom stereocenters. The Labute approximate surface area is 153 Å². The maximum absolute atomic E-state index is 10.0. The molecule has 26 heavy (non-hydrogen) atoms. The average Bonchev–Trinajstić information content (AvgIpc) is 3.17. The molecule has 4 rings (SSSR count). The first-order chi connectivity index (χ1) is 12.7. The summed E-state index contributed by atoms with van der Waals surface area (Å²) < 4.78 is 5.49. The minimum absolute atomic E-state index is 0.134. The highest BCUT2D eigenvalue weighted by atomic mass is 16.5. The van der Waals surface area contributed by atoms with Crippen molar-refractivity contribution >= 4 is 5.82 Å². The number of nitrogens with zero attached hydrogens (tertiary/aromatic N) is 4. The van der Waals surface area contributed by atoms with Gasteiger partial charge in [-0.3, -0.25) is 4.98 Å². The summed E-state index contributed by atoms with van der Waals surface area (Å²) in [4.78, 5) is 16.0. The molecular weight excluding hydrogens is 330 g/mol. The molecule has 2 aliphatic rings. The third kappa shape index (κ3) is 3.30. The smallest absolute Gasteiger partial charge is 0.163 e. The molecule has 7 nitrogen and oxygen atoms in total. The first-order valence-corrected chi connectivity index (χ1v) is 9.11. The molecule has 0 amide bonds. The summed E-state index contributed by atoms with van der Waals surface area (Å²) in [5.41, 5.74) is 2.98. The lowest BCUT2D eigenvalue weighted by molar-refractivity contribution is -0.0113. The van der Waals surface area contributed by atoms with Crippen molar-refractivity contribution in [2.24, 2.45) is 5.41 Å². The van der Waals surface area contributed by atoms with Gasteiger partial charge < -0.3 is 20.1 Å². The fourth-order valence-corrected chi connectivity index (χ4v) is 3.84. The Hall–Kier alpha value is -2.09. The van der Waals surface area contributed by atoms with Crippen LogP contribution < -0.4 is 10.2 Å². The van der Waals surface area contributed by atoms with Crippen LogP contribution in [0.4, 0.5) is 5.82 Å². The van der Waals surface area contributed by atoms with Crippen LogP contribution >= 0.6 is 0 Å². The van der Waals surface area contributed by atoms with Crippen LogP contribution in [0.15, 0.2) is 24.5 Å². The predicted molar refractivity (Wildman–Crippen MR) is 98.6 cm³/mol. The molecule has 0 unspecified atom stereocenters. The van der Waals surface area contributed by atoms with Crippen molar-refractivity contribution in [3.8, 4) is 11.4 Å². The summed E-state index contributed by atoms with van der Waals surface area (Å²) in [6, 6.07) is 3.88. The van der Waals surface area contributed by atoms with Gasteiger partial charge in [-0.2, -0.15) is 0 Å². The number of ether oxygens (including phenoxy) is 1. The molecule has 0 bridgehead atoms. The maximum Gasteiger partial charge on any atom is 0.163 e. The number of rotatable bonds is 5. The van der Waals surface area contributed by atoms with E-state index in [0.717, 1.165) is 55.1 Å². The summed E-state index contributed by atoms with van der Waals surface area (Å²) in [7, 11) is 2.06. The van der Waals surface area contributed by atoms with E-state index >= 15 is 0 Å². The second-order valence-corrected chi connectivity index (χ2v) is 7.27. The van der Waals surface area contributed by atoms with E-state index in [1.165, 1.54) is 0 Å². The minimum atomic E-state index is -0.134. The topological polar surface area (TPSA) is 83.4 Å². The fraction of sp³-hybridized carbons (Fsp3) is 0.526. The lowest BCUT2D eigenvalue weighted by atomic mass is 9.80. The molecule has 1 saturated heterocycles. The SMILES string of the molecule is CN(CC1(CO)CCOCC1)c1nc(-c2cccnc2)nc2c1CNC2. The number of anilines is 1. The van der Waals surface area contributed by atoms with Crippen molar-refractivity contribution in [2.75, 3.05) is 38.3 Å². The van der Waals surface area contributed by atoms with Crippen molar-refractivity contribution in [3.63, 3.8) is 0 Å². The van der Waals surface area contributed by atoms with Crippen LogP contribution in [0.5, 0.6) is 0 Å². The van der Waals surface area contributed by atoms with Crippen molar-refractivity contribution < 1.29 is 9.84 Å². The largest absolute Gasteiger partial charge is 0.396 e. The molecule has 0 spiro atoms. The molecule has 2 aliphatic heterocycles. The minimum Gasteiger partial charge on any atom is -0.396 e. The van der Waals surface area contributed by atoms with Crippen LogP contribution in [-0.2, 0) is 17.8 Å². The van der Waals surface area contributed by atoms with E-state index in [0.29, 0.717) is 19.0 Å². The van der Waals surface area contributed by atoms with E-state index in [2.05, 4.69) is 22.2 Å². The van der Waals surface area contributed by atoms with Crippen LogP contribution in [0, 0.1) is 5.41 Å². The van der Waals surface area contributed by atoms with Crippen molar-refractivity contribution in [1.82, 2.24) is 20.3 Å². The lowest BCUT2D eigenvalue weighted by Crippen LogP contribution is -2.43. The highest BCUT2D eigenvalue weighted by Gasteiger charge is 2.34. The van der Waals surface area contributed by atoms with E-state index in [1.54, 1.807) is 12.4 Å². The summed E-state index contributed by atoms with van der Waals surface area (Å²) in [5, 5.41) is 13.4. The van der Waals surface area contributed by atoms with Crippen LogP contribution in [0.1, 0.15) is 24.1 Å². The highest BCUT2D eigenvalue weighted by Crippen LogP contribution is 2.34. The standard InChI is InChI=1S/C19H25N5O2/c1-24(12-19(13-25)4-7-26-8-5-19)18-15-10-21-11-16(15)22-17(23-18)14-3-2-6-20-9-14/h2-3,6,9,21,25H,4-5,7-8,10-13H2,1H3. The number of hydrogen-bond donors (Lipinski definition) is 2. The quantitative estimate of drug-likeness (QED) is 0.838. The third-order valence-electron chi connectivity index (χ3n) is 5.41. The van der Waals surface area contributed by atoms with Gasteiger partial charge in [-0.1, -0.05) is 0 Å². The first kappa shape index (κ1) is 17.3. The molecule has 0 aliphatic carbocycles. The summed E-state index contributed by atoms with van der Waals surface area (Å²) >= 11 is 0. The van der Waals surface area contributed by atoms with E-state index in [9.17, 15) is 5.11 Å². The van der Waals surface area contributed by atoms with Gasteiger partial charge in [0, 0.05) is 68.8 Å². The second-order valence-electron chi connectivity index (χ2n) is 7.27. The van der Waals surface area contributed by atoms with Crippen molar-refractivity contribution in [3.05, 3.63) is 35.8 Å². The number of fused-ring (bicyclic) bond motifs is 1. The zero-order valence-electron chi connectivity index (χ0n) is 15.1. The second kappa shape index (κ2) is 7.26. The van der Waals surface area contributed by atoms with Crippen LogP contribution in [-0.4, -0.2) is 53.5 Å².